The highest BCUT2D eigenvalue weighted by Crippen LogP contribution is 2.25. The molecular weight excluding hydrogens is 349 g/mol. The first-order valence-corrected chi connectivity index (χ1v) is 8.11. The third-order valence-electron chi connectivity index (χ3n) is 2.73. The minimum absolute atomic E-state index is 0.0344. The summed E-state index contributed by atoms with van der Waals surface area (Å²) < 4.78 is 63.3. The highest BCUT2D eigenvalue weighted by atomic mass is 32.2. The van der Waals surface area contributed by atoms with Crippen LogP contribution in [0.2, 0.25) is 0 Å². The molecule has 0 aliphatic rings. The first-order valence-electron chi connectivity index (χ1n) is 6.63. The van der Waals surface area contributed by atoms with Crippen molar-refractivity contribution in [1.82, 2.24) is 4.72 Å². The van der Waals surface area contributed by atoms with Crippen LogP contribution in [0.1, 0.15) is 12.5 Å². The molecule has 0 atom stereocenters. The Hall–Kier alpha value is -2.36. The molecule has 0 unspecified atom stereocenters. The van der Waals surface area contributed by atoms with E-state index in [9.17, 15) is 26.4 Å². The number of sulfonamides is 1. The van der Waals surface area contributed by atoms with Gasteiger partial charge in [-0.25, -0.2) is 13.1 Å². The molecule has 132 valence electrons. The van der Waals surface area contributed by atoms with E-state index in [1.807, 2.05) is 0 Å². The second kappa shape index (κ2) is 7.47. The molecule has 0 saturated heterocycles. The van der Waals surface area contributed by atoms with E-state index in [-0.39, 0.29) is 11.4 Å². The summed E-state index contributed by atoms with van der Waals surface area (Å²) in [6.45, 7) is 3.23. The number of amides is 1. The molecule has 0 saturated carbocycles. The Kier molecular flexibility index (Phi) is 6.13. The zero-order chi connectivity index (χ0) is 18.5. The number of halogens is 3. The molecule has 0 radical (unpaired) electrons. The summed E-state index contributed by atoms with van der Waals surface area (Å²) in [6.07, 6.45) is -4.75. The number of rotatable bonds is 5. The predicted octanol–water partition coefficient (Wildman–Crippen LogP) is 2.27. The van der Waals surface area contributed by atoms with Crippen LogP contribution in [0, 0.1) is 6.92 Å². The number of allylic oxidation sites excluding steroid dienone is 1. The van der Waals surface area contributed by atoms with E-state index in [0.717, 1.165) is 5.56 Å². The molecule has 1 aromatic rings. The molecule has 2 N–H and O–H groups in total. The lowest BCUT2D eigenvalue weighted by molar-refractivity contribution is -0.126. The van der Waals surface area contributed by atoms with Gasteiger partial charge in [-0.3, -0.25) is 9.79 Å². The fourth-order valence-electron chi connectivity index (χ4n) is 1.52. The highest BCUT2D eigenvalue weighted by molar-refractivity contribution is 7.90. The van der Waals surface area contributed by atoms with Gasteiger partial charge in [0.1, 0.15) is 5.57 Å². The van der Waals surface area contributed by atoms with Crippen molar-refractivity contribution in [2.45, 2.75) is 24.9 Å². The minimum Gasteiger partial charge on any atom is -0.504 e. The van der Waals surface area contributed by atoms with E-state index in [1.165, 1.54) is 35.9 Å². The third-order valence-corrected chi connectivity index (χ3v) is 4.08. The second-order valence-electron chi connectivity index (χ2n) is 4.64. The molecule has 0 aliphatic carbocycles. The largest absolute Gasteiger partial charge is 0.504 e. The van der Waals surface area contributed by atoms with E-state index < -0.39 is 33.4 Å². The number of carbonyl (C=O) groups excluding carboxylic acids is 1. The quantitative estimate of drug-likeness (QED) is 0.476. The van der Waals surface area contributed by atoms with Crippen LogP contribution >= 0.6 is 0 Å². The summed E-state index contributed by atoms with van der Waals surface area (Å²) in [5, 5.41) is 9.15. The molecule has 10 heteroatoms. The van der Waals surface area contributed by atoms with Crippen molar-refractivity contribution in [3.63, 3.8) is 0 Å². The maximum atomic E-state index is 12.6. The van der Waals surface area contributed by atoms with Crippen LogP contribution in [0.15, 0.2) is 45.5 Å². The Balaban J connectivity index is 3.21. The van der Waals surface area contributed by atoms with Gasteiger partial charge in [-0.05, 0) is 26.0 Å². The van der Waals surface area contributed by atoms with Crippen molar-refractivity contribution < 1.29 is 31.5 Å². The monoisotopic (exact) mass is 364 g/mol. The summed E-state index contributed by atoms with van der Waals surface area (Å²) in [5.41, 5.74) is -0.536. The van der Waals surface area contributed by atoms with Gasteiger partial charge in [0.25, 0.3) is 15.9 Å². The van der Waals surface area contributed by atoms with E-state index >= 15 is 0 Å². The lowest BCUT2D eigenvalue weighted by atomic mass is 10.2. The van der Waals surface area contributed by atoms with Crippen molar-refractivity contribution >= 4 is 22.1 Å². The van der Waals surface area contributed by atoms with Crippen LogP contribution in [-0.4, -0.2) is 38.4 Å². The summed E-state index contributed by atoms with van der Waals surface area (Å²) in [6, 6.07) is 5.30. The van der Waals surface area contributed by atoms with Gasteiger partial charge in [0, 0.05) is 12.8 Å². The van der Waals surface area contributed by atoms with Crippen LogP contribution in [-0.2, 0) is 14.8 Å². The average molecular weight is 364 g/mol. The lowest BCUT2D eigenvalue weighted by Gasteiger charge is -2.11. The van der Waals surface area contributed by atoms with Crippen molar-refractivity contribution in [3.05, 3.63) is 41.2 Å². The van der Waals surface area contributed by atoms with Crippen LogP contribution in [0.25, 0.3) is 0 Å². The van der Waals surface area contributed by atoms with Crippen molar-refractivity contribution in [2.24, 2.45) is 4.99 Å². The van der Waals surface area contributed by atoms with Crippen LogP contribution in [0.5, 0.6) is 0 Å². The number of benzene rings is 1. The SMILES string of the molecule is CCN=C/C(C(=O)NS(=O)(=O)c1ccc(C)cc1)=C(\O)C(F)(F)F. The molecule has 0 fully saturated rings. The molecule has 0 heterocycles. The number of aryl methyl sites for hydroxylation is 1. The van der Waals surface area contributed by atoms with Crippen LogP contribution < -0.4 is 4.72 Å². The summed E-state index contributed by atoms with van der Waals surface area (Å²) in [7, 11) is -4.40. The van der Waals surface area contributed by atoms with Gasteiger partial charge in [0.15, 0.2) is 0 Å². The molecule has 1 rings (SSSR count). The Morgan fingerprint density at radius 1 is 1.29 bits per heavy atom. The molecule has 1 amide bonds. The third kappa shape index (κ3) is 5.08. The number of carbonyl (C=O) groups is 1. The molecule has 1 aromatic carbocycles. The van der Waals surface area contributed by atoms with Gasteiger partial charge in [-0.15, -0.1) is 0 Å². The average Bonchev–Trinajstić information content (AvgIpc) is 2.46. The second-order valence-corrected chi connectivity index (χ2v) is 6.32. The van der Waals surface area contributed by atoms with E-state index in [0.29, 0.717) is 6.21 Å². The zero-order valence-corrected chi connectivity index (χ0v) is 13.6. The van der Waals surface area contributed by atoms with Gasteiger partial charge in [0.05, 0.1) is 4.90 Å². The molecule has 24 heavy (non-hydrogen) atoms. The van der Waals surface area contributed by atoms with Crippen LogP contribution in [0.4, 0.5) is 13.2 Å². The molecule has 0 aromatic heterocycles. The number of hydrogen-bond acceptors (Lipinski definition) is 5. The number of nitrogens with zero attached hydrogens (tertiary/aromatic N) is 1. The van der Waals surface area contributed by atoms with Gasteiger partial charge >= 0.3 is 6.18 Å². The number of nitrogens with one attached hydrogen (secondary N) is 1. The molecule has 0 aliphatic heterocycles. The fourth-order valence-corrected chi connectivity index (χ4v) is 2.48. The predicted molar refractivity (Wildman–Crippen MR) is 81.3 cm³/mol. The Morgan fingerprint density at radius 3 is 2.29 bits per heavy atom. The molecule has 6 nitrogen and oxygen atoms in total. The van der Waals surface area contributed by atoms with Crippen molar-refractivity contribution in [2.75, 3.05) is 6.54 Å². The van der Waals surface area contributed by atoms with Crippen molar-refractivity contribution in [3.8, 4) is 0 Å². The fraction of sp³-hybridized carbons (Fsp3) is 0.286. The molecular formula is C14H15F3N2O4S. The standard InChI is InChI=1S/C14H15F3N2O4S/c1-3-18-8-11(12(20)14(15,16)17)13(21)19-24(22,23)10-6-4-9(2)5-7-10/h4-8,20H,3H2,1-2H3,(H,19,21)/b12-11+,18-8?. The topological polar surface area (TPSA) is 95.8 Å². The lowest BCUT2D eigenvalue weighted by Crippen LogP contribution is -2.34. The molecule has 0 spiro atoms. The smallest absolute Gasteiger partial charge is 0.449 e. The van der Waals surface area contributed by atoms with Gasteiger partial charge in [-0.1, -0.05) is 17.7 Å². The zero-order valence-electron chi connectivity index (χ0n) is 12.8. The number of aliphatic hydroxyl groups excluding tert-OH is 1. The maximum absolute atomic E-state index is 12.6. The first-order chi connectivity index (χ1) is 11.0. The van der Waals surface area contributed by atoms with Gasteiger partial charge in [-0.2, -0.15) is 13.2 Å². The number of hydrogen-bond donors (Lipinski definition) is 2. The normalized spacial score (nSPS) is 13.7. The minimum atomic E-state index is -5.22. The van der Waals surface area contributed by atoms with Gasteiger partial charge in [0.2, 0.25) is 5.76 Å². The Bertz CT molecular complexity index is 766. The molecule has 0 bridgehead atoms. The first kappa shape index (κ1) is 19.7. The Morgan fingerprint density at radius 2 is 1.83 bits per heavy atom. The van der Waals surface area contributed by atoms with Crippen molar-refractivity contribution in [1.29, 1.82) is 0 Å². The summed E-state index contributed by atoms with van der Waals surface area (Å²) >= 11 is 0. The van der Waals surface area contributed by atoms with Gasteiger partial charge < -0.3 is 5.11 Å². The maximum Gasteiger partial charge on any atom is 0.449 e. The number of aliphatic hydroxyl groups is 1. The summed E-state index contributed by atoms with van der Waals surface area (Å²) in [4.78, 5) is 15.0. The number of alkyl halides is 3. The summed E-state index contributed by atoms with van der Waals surface area (Å²) in [5.74, 6) is -3.86. The highest BCUT2D eigenvalue weighted by Gasteiger charge is 2.38. The van der Waals surface area contributed by atoms with Crippen LogP contribution in [0.3, 0.4) is 0 Å². The van der Waals surface area contributed by atoms with E-state index in [1.54, 1.807) is 6.92 Å². The Labute approximate surface area is 136 Å². The number of aliphatic imine (C=N–C) groups is 1. The van der Waals surface area contributed by atoms with E-state index in [4.69, 9.17) is 5.11 Å². The van der Waals surface area contributed by atoms with E-state index in [2.05, 4.69) is 4.99 Å².